The van der Waals surface area contributed by atoms with Gasteiger partial charge in [0.25, 0.3) is 0 Å². The lowest BCUT2D eigenvalue weighted by atomic mass is 9.78. The van der Waals surface area contributed by atoms with Crippen LogP contribution in [0.5, 0.6) is 5.75 Å². The summed E-state index contributed by atoms with van der Waals surface area (Å²) in [6.45, 7) is 9.91. The van der Waals surface area contributed by atoms with Gasteiger partial charge in [0.1, 0.15) is 12.4 Å². The minimum atomic E-state index is -0.610. The molecule has 0 radical (unpaired) electrons. The van der Waals surface area contributed by atoms with Gasteiger partial charge in [0.05, 0.1) is 30.0 Å². The fourth-order valence-electron chi connectivity index (χ4n) is 2.32. The van der Waals surface area contributed by atoms with Crippen molar-refractivity contribution in [2.24, 2.45) is 0 Å². The summed E-state index contributed by atoms with van der Waals surface area (Å²) in [5.74, 6) is 0.0176. The number of esters is 1. The van der Waals surface area contributed by atoms with Crippen LogP contribution in [-0.2, 0) is 14.0 Å². The molecule has 1 aliphatic rings. The van der Waals surface area contributed by atoms with E-state index in [9.17, 15) is 4.79 Å². The normalized spacial score (nSPS) is 18.5. The lowest BCUT2D eigenvalue weighted by molar-refractivity contribution is 0.00578. The van der Waals surface area contributed by atoms with E-state index >= 15 is 0 Å². The van der Waals surface area contributed by atoms with Crippen LogP contribution in [0, 0.1) is 0 Å². The van der Waals surface area contributed by atoms with Crippen LogP contribution >= 0.6 is 0 Å². The van der Waals surface area contributed by atoms with Crippen molar-refractivity contribution in [3.63, 3.8) is 0 Å². The smallest absolute Gasteiger partial charge is 0.491 e. The van der Waals surface area contributed by atoms with Gasteiger partial charge in [0.15, 0.2) is 0 Å². The Morgan fingerprint density at radius 1 is 1.17 bits per heavy atom. The van der Waals surface area contributed by atoms with Gasteiger partial charge in [-0.25, -0.2) is 4.79 Å². The summed E-state index contributed by atoms with van der Waals surface area (Å²) < 4.78 is 22.6. The summed E-state index contributed by atoms with van der Waals surface area (Å²) in [4.78, 5) is 12.1. The predicted octanol–water partition coefficient (Wildman–Crippen LogP) is 1.53. The highest BCUT2D eigenvalue weighted by atomic mass is 16.7. The molecule has 0 aliphatic carbocycles. The number of rotatable bonds is 6. The van der Waals surface area contributed by atoms with Gasteiger partial charge < -0.3 is 23.9 Å². The summed E-state index contributed by atoms with van der Waals surface area (Å²) in [7, 11) is -0.610. The summed E-state index contributed by atoms with van der Waals surface area (Å²) in [5, 5.41) is 8.94. The van der Waals surface area contributed by atoms with E-state index in [2.05, 4.69) is 0 Å². The van der Waals surface area contributed by atoms with Crippen molar-refractivity contribution in [3.8, 4) is 5.75 Å². The minimum absolute atomic E-state index is 0.116. The predicted molar refractivity (Wildman–Crippen MR) is 90.7 cm³/mol. The number of hydrogen-bond donors (Lipinski definition) is 1. The van der Waals surface area contributed by atoms with Gasteiger partial charge in [-0.3, -0.25) is 0 Å². The van der Waals surface area contributed by atoms with E-state index in [1.807, 2.05) is 27.7 Å². The first kappa shape index (κ1) is 18.8. The molecule has 132 valence electrons. The van der Waals surface area contributed by atoms with Crippen molar-refractivity contribution in [2.45, 2.75) is 45.8 Å². The summed E-state index contributed by atoms with van der Waals surface area (Å²) in [5.41, 5.74) is 0.0668. The molecule has 0 unspecified atom stereocenters. The van der Waals surface area contributed by atoms with Crippen LogP contribution in [-0.4, -0.2) is 49.2 Å². The molecule has 1 heterocycles. The van der Waals surface area contributed by atoms with Gasteiger partial charge in [0, 0.05) is 0 Å². The maximum Gasteiger partial charge on any atom is 0.494 e. The lowest BCUT2D eigenvalue weighted by Crippen LogP contribution is -2.41. The Morgan fingerprint density at radius 2 is 1.79 bits per heavy atom. The van der Waals surface area contributed by atoms with E-state index in [-0.39, 0.29) is 19.8 Å². The van der Waals surface area contributed by atoms with Crippen molar-refractivity contribution in [2.75, 3.05) is 19.8 Å². The average Bonchev–Trinajstić information content (AvgIpc) is 2.73. The van der Waals surface area contributed by atoms with E-state index in [0.29, 0.717) is 16.8 Å². The molecule has 1 N–H and O–H groups in total. The number of ether oxygens (including phenoxy) is 2. The summed E-state index contributed by atoms with van der Waals surface area (Å²) in [6, 6.07) is 5.02. The Balaban J connectivity index is 2.35. The Morgan fingerprint density at radius 3 is 2.33 bits per heavy atom. The second kappa shape index (κ2) is 7.13. The van der Waals surface area contributed by atoms with E-state index in [4.69, 9.17) is 23.9 Å². The number of hydrogen-bond acceptors (Lipinski definition) is 6. The molecular formula is C17H25BO6. The van der Waals surface area contributed by atoms with E-state index < -0.39 is 24.3 Å². The quantitative estimate of drug-likeness (QED) is 0.627. The molecule has 1 fully saturated rings. The van der Waals surface area contributed by atoms with Crippen LogP contribution in [0.25, 0.3) is 0 Å². The number of carbonyl (C=O) groups excluding carboxylic acids is 1. The maximum atomic E-state index is 12.1. The van der Waals surface area contributed by atoms with Crippen LogP contribution in [0.1, 0.15) is 45.0 Å². The third-order valence-electron chi connectivity index (χ3n) is 4.33. The molecule has 0 aromatic heterocycles. The average molecular weight is 336 g/mol. The van der Waals surface area contributed by atoms with Gasteiger partial charge in [-0.1, -0.05) is 0 Å². The summed E-state index contributed by atoms with van der Waals surface area (Å²) in [6.07, 6.45) is 0. The van der Waals surface area contributed by atoms with Gasteiger partial charge in [-0.15, -0.1) is 0 Å². The maximum absolute atomic E-state index is 12.1. The first-order valence-electron chi connectivity index (χ1n) is 8.11. The van der Waals surface area contributed by atoms with Crippen LogP contribution in [0.15, 0.2) is 18.2 Å². The first-order valence-corrected chi connectivity index (χ1v) is 8.11. The van der Waals surface area contributed by atoms with E-state index in [0.717, 1.165) is 0 Å². The molecule has 0 saturated carbocycles. The molecule has 1 aromatic carbocycles. The molecule has 2 rings (SSSR count). The molecule has 0 amide bonds. The van der Waals surface area contributed by atoms with Crippen LogP contribution in [0.3, 0.4) is 0 Å². The van der Waals surface area contributed by atoms with Crippen LogP contribution in [0.2, 0.25) is 0 Å². The van der Waals surface area contributed by atoms with Gasteiger partial charge in [-0.2, -0.15) is 0 Å². The standard InChI is InChI=1S/C17H25BO6/c1-6-21-15(20)12-9-13(11-14(10-12)22-8-7-19)18-23-16(2,3)17(4,5)24-18/h9-11,19H,6-8H2,1-5H3. The third-order valence-corrected chi connectivity index (χ3v) is 4.33. The van der Waals surface area contributed by atoms with Crippen LogP contribution in [0.4, 0.5) is 0 Å². The molecule has 24 heavy (non-hydrogen) atoms. The molecule has 0 spiro atoms. The third kappa shape index (κ3) is 3.91. The zero-order chi connectivity index (χ0) is 18.0. The molecule has 0 atom stereocenters. The Bertz CT molecular complexity index is 583. The number of aliphatic hydroxyl groups excluding tert-OH is 1. The highest BCUT2D eigenvalue weighted by molar-refractivity contribution is 6.62. The number of benzene rings is 1. The van der Waals surface area contributed by atoms with Crippen molar-refractivity contribution >= 4 is 18.6 Å². The van der Waals surface area contributed by atoms with Crippen molar-refractivity contribution < 1.29 is 28.7 Å². The van der Waals surface area contributed by atoms with E-state index in [1.54, 1.807) is 25.1 Å². The Labute approximate surface area is 143 Å². The Hall–Kier alpha value is -1.57. The van der Waals surface area contributed by atoms with Crippen LogP contribution < -0.4 is 10.2 Å². The largest absolute Gasteiger partial charge is 0.494 e. The number of carbonyl (C=O) groups is 1. The molecule has 1 aromatic rings. The van der Waals surface area contributed by atoms with E-state index in [1.165, 1.54) is 0 Å². The Kier molecular flexibility index (Phi) is 5.57. The molecule has 1 saturated heterocycles. The second-order valence-electron chi connectivity index (χ2n) is 6.67. The molecule has 7 heteroatoms. The topological polar surface area (TPSA) is 74.2 Å². The minimum Gasteiger partial charge on any atom is -0.491 e. The molecule has 0 bridgehead atoms. The molecule has 1 aliphatic heterocycles. The lowest BCUT2D eigenvalue weighted by Gasteiger charge is -2.32. The molecule has 6 nitrogen and oxygen atoms in total. The highest BCUT2D eigenvalue weighted by Gasteiger charge is 2.51. The van der Waals surface area contributed by atoms with Gasteiger partial charge >= 0.3 is 13.1 Å². The first-order chi connectivity index (χ1) is 11.2. The highest BCUT2D eigenvalue weighted by Crippen LogP contribution is 2.36. The number of aliphatic hydroxyl groups is 1. The zero-order valence-electron chi connectivity index (χ0n) is 14.9. The SMILES string of the molecule is CCOC(=O)c1cc(OCCO)cc(B2OC(C)(C)C(C)(C)O2)c1. The van der Waals surface area contributed by atoms with Crippen molar-refractivity contribution in [1.82, 2.24) is 0 Å². The van der Waals surface area contributed by atoms with Gasteiger partial charge in [-0.05, 0) is 58.3 Å². The van der Waals surface area contributed by atoms with Crippen molar-refractivity contribution in [3.05, 3.63) is 23.8 Å². The van der Waals surface area contributed by atoms with Gasteiger partial charge in [0.2, 0.25) is 0 Å². The fraction of sp³-hybridized carbons (Fsp3) is 0.588. The monoisotopic (exact) mass is 336 g/mol. The second-order valence-corrected chi connectivity index (χ2v) is 6.67. The summed E-state index contributed by atoms with van der Waals surface area (Å²) >= 11 is 0. The van der Waals surface area contributed by atoms with Crippen molar-refractivity contribution in [1.29, 1.82) is 0 Å². The zero-order valence-corrected chi connectivity index (χ0v) is 14.9. The molecular weight excluding hydrogens is 311 g/mol. The fourth-order valence-corrected chi connectivity index (χ4v) is 2.32.